The Morgan fingerprint density at radius 2 is 1.57 bits per heavy atom. The highest BCUT2D eigenvalue weighted by atomic mass is 31.1. The largest absolute Gasteiger partial charge is 0.460 e. The Hall–Kier alpha value is -1.02. The fourth-order valence-electron chi connectivity index (χ4n) is 0.900. The van der Waals surface area contributed by atoms with Gasteiger partial charge in [0.15, 0.2) is 0 Å². The third kappa shape index (κ3) is 8.11. The highest BCUT2D eigenvalue weighted by Gasteiger charge is 2.47. The van der Waals surface area contributed by atoms with E-state index < -0.39 is 45.2 Å². The van der Waals surface area contributed by atoms with Crippen LogP contribution in [0.3, 0.4) is 0 Å². The van der Waals surface area contributed by atoms with E-state index in [-0.39, 0.29) is 6.92 Å². The quantitative estimate of drug-likeness (QED) is 0.275. The van der Waals surface area contributed by atoms with E-state index in [4.69, 9.17) is 0 Å². The molecule has 0 aromatic carbocycles. The number of halogens is 7. The highest BCUT2D eigenvalue weighted by molar-refractivity contribution is 7.26. The fraction of sp³-hybridized carbons (Fsp3) is 0.600. The van der Waals surface area contributed by atoms with E-state index in [2.05, 4.69) is 20.4 Å². The van der Waals surface area contributed by atoms with E-state index in [1.54, 1.807) is 0 Å². The van der Waals surface area contributed by atoms with E-state index in [1.165, 1.54) is 0 Å². The molecule has 1 atom stereocenters. The predicted molar refractivity (Wildman–Crippen MR) is 61.0 cm³/mol. The minimum absolute atomic E-state index is 0.144. The molecule has 0 rings (SSSR count). The summed E-state index contributed by atoms with van der Waals surface area (Å²) in [5, 5.41) is 0. The highest BCUT2D eigenvalue weighted by Crippen LogP contribution is 2.40. The number of hydrogen-bond acceptors (Lipinski definition) is 3. The van der Waals surface area contributed by atoms with Crippen LogP contribution in [0.15, 0.2) is 24.4 Å². The smallest absolute Gasteiger partial charge is 0.453 e. The van der Waals surface area contributed by atoms with Crippen molar-refractivity contribution in [3.8, 4) is 0 Å². The van der Waals surface area contributed by atoms with Gasteiger partial charge in [0.2, 0.25) is 14.8 Å². The third-order valence-electron chi connectivity index (χ3n) is 1.59. The summed E-state index contributed by atoms with van der Waals surface area (Å²) in [5.74, 6) is -11.3. The van der Waals surface area contributed by atoms with E-state index in [0.29, 0.717) is 13.2 Å². The van der Waals surface area contributed by atoms with Crippen LogP contribution in [0.25, 0.3) is 0 Å². The lowest BCUT2D eigenvalue weighted by Gasteiger charge is -2.20. The second-order valence-electron chi connectivity index (χ2n) is 3.87. The van der Waals surface area contributed by atoms with Gasteiger partial charge in [-0.2, -0.15) is 22.0 Å². The van der Waals surface area contributed by atoms with Gasteiger partial charge in [0.05, 0.1) is 6.26 Å². The van der Waals surface area contributed by atoms with E-state index in [1.807, 2.05) is 0 Å². The average Bonchev–Trinajstić information content (AvgIpc) is 2.22. The minimum atomic E-state index is -5.33. The van der Waals surface area contributed by atoms with Crippen LogP contribution in [0.5, 0.6) is 0 Å². The van der Waals surface area contributed by atoms with Gasteiger partial charge in [-0.15, -0.1) is 0 Å². The summed E-state index contributed by atoms with van der Waals surface area (Å²) in [4.78, 5) is 0. The fourth-order valence-corrected chi connectivity index (χ4v) is 1.56. The molecule has 0 amide bonds. The van der Waals surface area contributed by atoms with Crippen molar-refractivity contribution in [1.29, 1.82) is 0 Å². The molecule has 3 nitrogen and oxygen atoms in total. The van der Waals surface area contributed by atoms with Crippen molar-refractivity contribution in [3.05, 3.63) is 24.4 Å². The normalized spacial score (nSPS) is 15.1. The zero-order valence-corrected chi connectivity index (χ0v) is 11.9. The number of allylic oxidation sites excluding steroid dienone is 2. The summed E-state index contributed by atoms with van der Waals surface area (Å²) < 4.78 is 101. The molecule has 0 heterocycles. The molecule has 0 aromatic rings. The molecule has 0 radical (unpaired) electrons. The Kier molecular flexibility index (Phi) is 6.95. The lowest BCUT2D eigenvalue weighted by Crippen LogP contribution is -2.25. The monoisotopic (exact) mass is 344 g/mol. The topological polar surface area (TPSA) is 27.7 Å². The first-order valence-corrected chi connectivity index (χ1v) is 5.99. The first-order valence-electron chi connectivity index (χ1n) is 5.18. The molecule has 11 heteroatoms. The second-order valence-corrected chi connectivity index (χ2v) is 4.53. The van der Waals surface area contributed by atoms with Gasteiger partial charge in [0, 0.05) is 13.8 Å². The maximum Gasteiger partial charge on any atom is 0.453 e. The molecule has 0 bridgehead atoms. The Morgan fingerprint density at radius 1 is 1.05 bits per heavy atom. The molecule has 0 aliphatic heterocycles. The summed E-state index contributed by atoms with van der Waals surface area (Å²) >= 11 is 0. The van der Waals surface area contributed by atoms with Crippen molar-refractivity contribution in [2.45, 2.75) is 31.9 Å². The van der Waals surface area contributed by atoms with Crippen LogP contribution in [0.1, 0.15) is 13.8 Å². The molecule has 124 valence electrons. The summed E-state index contributed by atoms with van der Waals surface area (Å²) in [6.45, 7) is 2.25. The first-order chi connectivity index (χ1) is 9.29. The van der Waals surface area contributed by atoms with Crippen LogP contribution in [-0.4, -0.2) is 24.6 Å². The molecule has 0 saturated carbocycles. The molecular formula is C10H12F7O3P. The van der Waals surface area contributed by atoms with Gasteiger partial charge in [-0.05, 0) is 0 Å². The second kappa shape index (κ2) is 7.31. The molecule has 0 fully saturated rings. The third-order valence-corrected chi connectivity index (χ3v) is 2.14. The lowest BCUT2D eigenvalue weighted by atomic mass is 10.2. The molecule has 0 N–H and O–H groups in total. The van der Waals surface area contributed by atoms with Crippen molar-refractivity contribution in [2.75, 3.05) is 6.61 Å². The summed E-state index contributed by atoms with van der Waals surface area (Å²) in [5.41, 5.74) is 0. The van der Waals surface area contributed by atoms with Gasteiger partial charge < -0.3 is 13.8 Å². The Labute approximate surface area is 117 Å². The molecule has 0 aliphatic rings. The van der Waals surface area contributed by atoms with Gasteiger partial charge in [0.1, 0.15) is 6.61 Å². The molecule has 0 aromatic heterocycles. The van der Waals surface area contributed by atoms with Crippen LogP contribution < -0.4 is 0 Å². The zero-order valence-electron chi connectivity index (χ0n) is 10.9. The van der Waals surface area contributed by atoms with Crippen molar-refractivity contribution in [2.24, 2.45) is 0 Å². The first kappa shape index (κ1) is 20.0. The Balaban J connectivity index is 5.15. The molecular weight excluding hydrogens is 332 g/mol. The molecule has 1 unspecified atom stereocenters. The molecule has 0 saturated heterocycles. The average molecular weight is 344 g/mol. The number of hydrogen-bond donors (Lipinski definition) is 0. The number of ether oxygens (including phenoxy) is 1. The van der Waals surface area contributed by atoms with Gasteiger partial charge in [0.25, 0.3) is 11.7 Å². The zero-order chi connectivity index (χ0) is 16.9. The minimum Gasteiger partial charge on any atom is -0.460 e. The predicted octanol–water partition coefficient (Wildman–Crippen LogP) is 4.77. The molecule has 0 aliphatic carbocycles. The van der Waals surface area contributed by atoms with Gasteiger partial charge in [-0.3, -0.25) is 0 Å². The van der Waals surface area contributed by atoms with Crippen LogP contribution in [-0.2, 0) is 13.8 Å². The van der Waals surface area contributed by atoms with E-state index >= 15 is 0 Å². The van der Waals surface area contributed by atoms with Crippen LogP contribution in [0, 0.1) is 0 Å². The van der Waals surface area contributed by atoms with E-state index in [9.17, 15) is 30.7 Å². The number of rotatable bonds is 8. The maximum absolute atomic E-state index is 13.1. The summed E-state index contributed by atoms with van der Waals surface area (Å²) in [7, 11) is -1.57. The Bertz CT molecular complexity index is 382. The number of alkyl halides is 7. The van der Waals surface area contributed by atoms with Crippen molar-refractivity contribution in [3.63, 3.8) is 0 Å². The van der Waals surface area contributed by atoms with Gasteiger partial charge in [-0.25, -0.2) is 8.78 Å². The Morgan fingerprint density at radius 3 is 1.90 bits per heavy atom. The van der Waals surface area contributed by atoms with Crippen LogP contribution in [0.2, 0.25) is 0 Å². The van der Waals surface area contributed by atoms with Crippen molar-refractivity contribution >= 4 is 9.03 Å². The van der Waals surface area contributed by atoms with Crippen LogP contribution in [0.4, 0.5) is 30.7 Å². The van der Waals surface area contributed by atoms with Gasteiger partial charge >= 0.3 is 12.1 Å². The van der Waals surface area contributed by atoms with Gasteiger partial charge in [-0.1, -0.05) is 6.58 Å². The van der Waals surface area contributed by atoms with Crippen molar-refractivity contribution in [1.82, 2.24) is 0 Å². The summed E-state index contributed by atoms with van der Waals surface area (Å²) in [6, 6.07) is 0. The SMILES string of the molecule is C=CO/C(=C(\OPOCC(C)(F)F)C(F)(F)F)C(C)(F)F. The maximum atomic E-state index is 13.1. The van der Waals surface area contributed by atoms with Crippen LogP contribution >= 0.6 is 9.03 Å². The standard InChI is InChI=1S/C10H12F7O3P/c1-4-18-6(9(3,13)14)7(10(15,16)17)20-21-19-5-8(2,11)12/h4,21H,1,5H2,2-3H3/b7-6-. The summed E-state index contributed by atoms with van der Waals surface area (Å²) in [6.07, 6.45) is -4.98. The van der Waals surface area contributed by atoms with Crippen molar-refractivity contribution < 1.29 is 44.5 Å². The lowest BCUT2D eigenvalue weighted by molar-refractivity contribution is -0.127. The molecule has 0 spiro atoms. The molecule has 21 heavy (non-hydrogen) atoms. The van der Waals surface area contributed by atoms with E-state index in [0.717, 1.165) is 0 Å².